The third-order valence-corrected chi connectivity index (χ3v) is 3.83. The SMILES string of the molecule is COc1cc(-c2nc(O)c(C)s2)ccc1Br. The van der Waals surface area contributed by atoms with Gasteiger partial charge in [0.25, 0.3) is 0 Å². The summed E-state index contributed by atoms with van der Waals surface area (Å²) in [4.78, 5) is 4.91. The second-order valence-corrected chi connectivity index (χ2v) is 5.31. The van der Waals surface area contributed by atoms with Crippen LogP contribution in [0, 0.1) is 6.92 Å². The lowest BCUT2D eigenvalue weighted by molar-refractivity contribution is 0.412. The van der Waals surface area contributed by atoms with Crippen molar-refractivity contribution in [1.29, 1.82) is 0 Å². The molecule has 2 aromatic rings. The van der Waals surface area contributed by atoms with Crippen molar-refractivity contribution in [3.63, 3.8) is 0 Å². The Kier molecular flexibility index (Phi) is 3.16. The minimum Gasteiger partial charge on any atom is -0.496 e. The fraction of sp³-hybridized carbons (Fsp3) is 0.182. The first kappa shape index (κ1) is 11.4. The Morgan fingerprint density at radius 2 is 2.19 bits per heavy atom. The van der Waals surface area contributed by atoms with Crippen molar-refractivity contribution >= 4 is 27.3 Å². The Balaban J connectivity index is 2.48. The average Bonchev–Trinajstić information content (AvgIpc) is 2.60. The number of hydrogen-bond donors (Lipinski definition) is 1. The maximum Gasteiger partial charge on any atom is 0.225 e. The number of halogens is 1. The average molecular weight is 300 g/mol. The van der Waals surface area contributed by atoms with Crippen LogP contribution in [0.2, 0.25) is 0 Å². The molecule has 0 saturated heterocycles. The standard InChI is InChI=1S/C11H10BrNO2S/c1-6-10(14)13-11(16-6)7-3-4-8(12)9(5-7)15-2/h3-5,14H,1-2H3. The third kappa shape index (κ3) is 2.05. The number of hydrogen-bond acceptors (Lipinski definition) is 4. The Morgan fingerprint density at radius 3 is 2.75 bits per heavy atom. The van der Waals surface area contributed by atoms with Crippen molar-refractivity contribution in [3.8, 4) is 22.2 Å². The van der Waals surface area contributed by atoms with Crippen molar-refractivity contribution in [2.75, 3.05) is 7.11 Å². The lowest BCUT2D eigenvalue weighted by Crippen LogP contribution is -1.85. The van der Waals surface area contributed by atoms with Gasteiger partial charge in [0.15, 0.2) is 0 Å². The molecule has 1 aromatic heterocycles. The largest absolute Gasteiger partial charge is 0.496 e. The van der Waals surface area contributed by atoms with E-state index in [-0.39, 0.29) is 5.88 Å². The van der Waals surface area contributed by atoms with Crippen LogP contribution in [0.3, 0.4) is 0 Å². The number of aromatic nitrogens is 1. The summed E-state index contributed by atoms with van der Waals surface area (Å²) in [5.41, 5.74) is 0.938. The molecule has 0 aliphatic heterocycles. The molecule has 16 heavy (non-hydrogen) atoms. The van der Waals surface area contributed by atoms with Crippen LogP contribution in [-0.2, 0) is 0 Å². The fourth-order valence-corrected chi connectivity index (χ4v) is 2.52. The van der Waals surface area contributed by atoms with Crippen molar-refractivity contribution < 1.29 is 9.84 Å². The lowest BCUT2D eigenvalue weighted by atomic mass is 10.2. The van der Waals surface area contributed by atoms with Crippen LogP contribution in [-0.4, -0.2) is 17.2 Å². The lowest BCUT2D eigenvalue weighted by Gasteiger charge is -2.04. The zero-order valence-electron chi connectivity index (χ0n) is 8.82. The number of aryl methyl sites for hydroxylation is 1. The predicted molar refractivity (Wildman–Crippen MR) is 68.2 cm³/mol. The molecule has 0 atom stereocenters. The van der Waals surface area contributed by atoms with E-state index >= 15 is 0 Å². The van der Waals surface area contributed by atoms with Crippen molar-refractivity contribution in [2.45, 2.75) is 6.92 Å². The molecule has 0 unspecified atom stereocenters. The molecular weight excluding hydrogens is 290 g/mol. The smallest absolute Gasteiger partial charge is 0.225 e. The Labute approximate surface area is 106 Å². The van der Waals surface area contributed by atoms with Crippen LogP contribution < -0.4 is 4.74 Å². The zero-order valence-corrected chi connectivity index (χ0v) is 11.2. The van der Waals surface area contributed by atoms with E-state index in [1.54, 1.807) is 7.11 Å². The molecule has 0 amide bonds. The van der Waals surface area contributed by atoms with Gasteiger partial charge in [0.1, 0.15) is 10.8 Å². The zero-order chi connectivity index (χ0) is 11.7. The van der Waals surface area contributed by atoms with Crippen LogP contribution in [0.25, 0.3) is 10.6 Å². The molecule has 0 saturated carbocycles. The molecule has 1 aromatic carbocycles. The van der Waals surface area contributed by atoms with Crippen LogP contribution in [0.1, 0.15) is 4.88 Å². The van der Waals surface area contributed by atoms with E-state index in [0.29, 0.717) is 0 Å². The summed E-state index contributed by atoms with van der Waals surface area (Å²) >= 11 is 4.85. The number of nitrogens with zero attached hydrogens (tertiary/aromatic N) is 1. The van der Waals surface area contributed by atoms with E-state index in [9.17, 15) is 5.11 Å². The molecule has 0 aliphatic carbocycles. The molecular formula is C11H10BrNO2S. The Morgan fingerprint density at radius 1 is 1.44 bits per heavy atom. The second kappa shape index (κ2) is 4.43. The van der Waals surface area contributed by atoms with E-state index < -0.39 is 0 Å². The van der Waals surface area contributed by atoms with Gasteiger partial charge >= 0.3 is 0 Å². The highest BCUT2D eigenvalue weighted by atomic mass is 79.9. The molecule has 0 radical (unpaired) electrons. The van der Waals surface area contributed by atoms with E-state index in [4.69, 9.17) is 4.74 Å². The number of methoxy groups -OCH3 is 1. The molecule has 1 heterocycles. The maximum absolute atomic E-state index is 9.44. The summed E-state index contributed by atoms with van der Waals surface area (Å²) < 4.78 is 6.11. The van der Waals surface area contributed by atoms with Gasteiger partial charge in [-0.1, -0.05) is 6.07 Å². The monoisotopic (exact) mass is 299 g/mol. The van der Waals surface area contributed by atoms with Gasteiger partial charge in [-0.15, -0.1) is 11.3 Å². The molecule has 0 fully saturated rings. The number of aromatic hydroxyl groups is 1. The first-order valence-electron chi connectivity index (χ1n) is 4.62. The van der Waals surface area contributed by atoms with Gasteiger partial charge in [-0.25, -0.2) is 4.98 Å². The van der Waals surface area contributed by atoms with Crippen LogP contribution in [0.15, 0.2) is 22.7 Å². The molecule has 2 rings (SSSR count). The number of ether oxygens (including phenoxy) is 1. The summed E-state index contributed by atoms with van der Waals surface area (Å²) in [6.45, 7) is 1.84. The van der Waals surface area contributed by atoms with Crippen LogP contribution in [0.4, 0.5) is 0 Å². The van der Waals surface area contributed by atoms with E-state index in [2.05, 4.69) is 20.9 Å². The van der Waals surface area contributed by atoms with E-state index in [0.717, 1.165) is 25.7 Å². The van der Waals surface area contributed by atoms with Crippen molar-refractivity contribution in [1.82, 2.24) is 4.98 Å². The summed E-state index contributed by atoms with van der Waals surface area (Å²) in [6, 6.07) is 5.73. The minimum atomic E-state index is 0.0990. The molecule has 84 valence electrons. The third-order valence-electron chi connectivity index (χ3n) is 2.17. The van der Waals surface area contributed by atoms with Crippen LogP contribution >= 0.6 is 27.3 Å². The van der Waals surface area contributed by atoms with Gasteiger partial charge in [-0.3, -0.25) is 0 Å². The molecule has 0 aliphatic rings. The molecule has 1 N–H and O–H groups in total. The summed E-state index contributed by atoms with van der Waals surface area (Å²) in [5.74, 6) is 0.853. The summed E-state index contributed by atoms with van der Waals surface area (Å²) in [6.07, 6.45) is 0. The highest BCUT2D eigenvalue weighted by Gasteiger charge is 2.10. The highest BCUT2D eigenvalue weighted by molar-refractivity contribution is 9.10. The van der Waals surface area contributed by atoms with Gasteiger partial charge in [0.2, 0.25) is 5.88 Å². The normalized spacial score (nSPS) is 10.4. The Hall–Kier alpha value is -1.07. The van der Waals surface area contributed by atoms with Crippen LogP contribution in [0.5, 0.6) is 11.6 Å². The van der Waals surface area contributed by atoms with Gasteiger partial charge < -0.3 is 9.84 Å². The van der Waals surface area contributed by atoms with E-state index in [1.165, 1.54) is 11.3 Å². The predicted octanol–water partition coefficient (Wildman–Crippen LogP) is 3.60. The number of thiazole rings is 1. The maximum atomic E-state index is 9.44. The molecule has 3 nitrogen and oxygen atoms in total. The van der Waals surface area contributed by atoms with Crippen molar-refractivity contribution in [3.05, 3.63) is 27.5 Å². The first-order chi connectivity index (χ1) is 7.61. The quantitative estimate of drug-likeness (QED) is 0.921. The highest BCUT2D eigenvalue weighted by Crippen LogP contribution is 2.35. The molecule has 0 bridgehead atoms. The van der Waals surface area contributed by atoms with E-state index in [1.807, 2.05) is 25.1 Å². The minimum absolute atomic E-state index is 0.0990. The van der Waals surface area contributed by atoms with Gasteiger partial charge in [-0.2, -0.15) is 0 Å². The van der Waals surface area contributed by atoms with Gasteiger partial charge in [0, 0.05) is 5.56 Å². The number of benzene rings is 1. The van der Waals surface area contributed by atoms with Crippen molar-refractivity contribution in [2.24, 2.45) is 0 Å². The Bertz CT molecular complexity index is 505. The molecule has 0 spiro atoms. The van der Waals surface area contributed by atoms with Gasteiger partial charge in [0.05, 0.1) is 16.5 Å². The summed E-state index contributed by atoms with van der Waals surface area (Å²) in [7, 11) is 1.62. The second-order valence-electron chi connectivity index (χ2n) is 3.25. The topological polar surface area (TPSA) is 42.4 Å². The fourth-order valence-electron chi connectivity index (χ4n) is 1.30. The summed E-state index contributed by atoms with van der Waals surface area (Å²) in [5, 5.41) is 10.2. The van der Waals surface area contributed by atoms with Gasteiger partial charge in [-0.05, 0) is 35.0 Å². The first-order valence-corrected chi connectivity index (χ1v) is 6.23. The number of rotatable bonds is 2. The molecule has 5 heteroatoms.